The number of benzene rings is 2. The van der Waals surface area contributed by atoms with Gasteiger partial charge < -0.3 is 11.1 Å². The summed E-state index contributed by atoms with van der Waals surface area (Å²) < 4.78 is 0. The maximum Gasteiger partial charge on any atom is 0.245 e. The van der Waals surface area contributed by atoms with Crippen LogP contribution < -0.4 is 11.1 Å². The molecule has 2 aromatic rings. The summed E-state index contributed by atoms with van der Waals surface area (Å²) >= 11 is 5.98. The summed E-state index contributed by atoms with van der Waals surface area (Å²) in [4.78, 5) is 12.1. The van der Waals surface area contributed by atoms with E-state index in [1.165, 1.54) is 6.07 Å². The van der Waals surface area contributed by atoms with Crippen LogP contribution in [0, 0.1) is 11.3 Å². The first-order valence-electron chi connectivity index (χ1n) is 5.93. The van der Waals surface area contributed by atoms with Crippen LogP contribution in [0.1, 0.15) is 17.2 Å². The second-order valence-electron chi connectivity index (χ2n) is 4.18. The molecule has 0 unspecified atom stereocenters. The van der Waals surface area contributed by atoms with Gasteiger partial charge in [-0.2, -0.15) is 5.26 Å². The molecule has 0 bridgehead atoms. The number of nitrogens with one attached hydrogen (secondary N) is 1. The van der Waals surface area contributed by atoms with E-state index in [0.717, 1.165) is 0 Å². The standard InChI is InChI=1S/C15H12ClN3O/c16-12-7-6-10(9-17)8-13(12)19-15(20)14(18)11-4-2-1-3-5-11/h1-8,14H,18H2,(H,19,20)/t14-/m0/s1. The lowest BCUT2D eigenvalue weighted by Crippen LogP contribution is -2.27. The molecule has 1 atom stereocenters. The van der Waals surface area contributed by atoms with E-state index >= 15 is 0 Å². The molecule has 20 heavy (non-hydrogen) atoms. The molecular weight excluding hydrogens is 274 g/mol. The quantitative estimate of drug-likeness (QED) is 0.910. The van der Waals surface area contributed by atoms with E-state index in [9.17, 15) is 4.79 Å². The molecule has 5 heteroatoms. The molecule has 0 saturated carbocycles. The highest BCUT2D eigenvalue weighted by molar-refractivity contribution is 6.33. The summed E-state index contributed by atoms with van der Waals surface area (Å²) in [7, 11) is 0. The van der Waals surface area contributed by atoms with Crippen LogP contribution in [0.5, 0.6) is 0 Å². The Morgan fingerprint density at radius 3 is 2.60 bits per heavy atom. The molecule has 2 aromatic carbocycles. The van der Waals surface area contributed by atoms with E-state index in [2.05, 4.69) is 5.32 Å². The molecular formula is C15H12ClN3O. The van der Waals surface area contributed by atoms with Crippen LogP contribution in [-0.4, -0.2) is 5.91 Å². The predicted octanol–water partition coefficient (Wildman–Crippen LogP) is 2.85. The third-order valence-corrected chi connectivity index (χ3v) is 3.12. The first-order valence-corrected chi connectivity index (χ1v) is 6.30. The Labute approximate surface area is 121 Å². The van der Waals surface area contributed by atoms with Crippen LogP contribution >= 0.6 is 11.6 Å². The molecule has 4 nitrogen and oxygen atoms in total. The second kappa shape index (κ2) is 6.20. The van der Waals surface area contributed by atoms with Crippen molar-refractivity contribution in [2.45, 2.75) is 6.04 Å². The van der Waals surface area contributed by atoms with E-state index in [1.54, 1.807) is 24.3 Å². The maximum absolute atomic E-state index is 12.1. The number of amides is 1. The Kier molecular flexibility index (Phi) is 4.36. The van der Waals surface area contributed by atoms with Gasteiger partial charge in [-0.25, -0.2) is 0 Å². The highest BCUT2D eigenvalue weighted by atomic mass is 35.5. The minimum Gasteiger partial charge on any atom is -0.323 e. The van der Waals surface area contributed by atoms with Gasteiger partial charge >= 0.3 is 0 Å². The van der Waals surface area contributed by atoms with Crippen LogP contribution in [0.3, 0.4) is 0 Å². The third kappa shape index (κ3) is 3.15. The van der Waals surface area contributed by atoms with Gasteiger partial charge in [0, 0.05) is 0 Å². The Bertz CT molecular complexity index is 665. The zero-order valence-electron chi connectivity index (χ0n) is 10.5. The molecule has 0 radical (unpaired) electrons. The van der Waals surface area contributed by atoms with Crippen molar-refractivity contribution in [3.63, 3.8) is 0 Å². The average molecular weight is 286 g/mol. The Morgan fingerprint density at radius 1 is 1.25 bits per heavy atom. The molecule has 0 aliphatic carbocycles. The zero-order valence-corrected chi connectivity index (χ0v) is 11.3. The number of halogens is 1. The summed E-state index contributed by atoms with van der Waals surface area (Å²) in [6, 6.07) is 14.9. The summed E-state index contributed by atoms with van der Waals surface area (Å²) in [6.07, 6.45) is 0. The van der Waals surface area contributed by atoms with Crippen molar-refractivity contribution in [2.24, 2.45) is 5.73 Å². The molecule has 0 heterocycles. The fourth-order valence-electron chi connectivity index (χ4n) is 1.71. The molecule has 0 fully saturated rings. The number of nitrogens with zero attached hydrogens (tertiary/aromatic N) is 1. The van der Waals surface area contributed by atoms with Gasteiger partial charge in [-0.05, 0) is 23.8 Å². The minimum atomic E-state index is -0.794. The van der Waals surface area contributed by atoms with Gasteiger partial charge in [0.15, 0.2) is 0 Å². The summed E-state index contributed by atoms with van der Waals surface area (Å²) in [5.41, 5.74) is 7.38. The highest BCUT2D eigenvalue weighted by Gasteiger charge is 2.16. The molecule has 0 spiro atoms. The van der Waals surface area contributed by atoms with Crippen molar-refractivity contribution in [1.82, 2.24) is 0 Å². The topological polar surface area (TPSA) is 78.9 Å². The largest absolute Gasteiger partial charge is 0.323 e. The first kappa shape index (κ1) is 14.1. The van der Waals surface area contributed by atoms with Gasteiger partial charge in [-0.1, -0.05) is 41.9 Å². The van der Waals surface area contributed by atoms with Crippen molar-refractivity contribution in [3.8, 4) is 6.07 Å². The van der Waals surface area contributed by atoms with Gasteiger partial charge in [-0.3, -0.25) is 4.79 Å². The van der Waals surface area contributed by atoms with Gasteiger partial charge in [0.25, 0.3) is 0 Å². The maximum atomic E-state index is 12.1. The van der Waals surface area contributed by atoms with Crippen LogP contribution in [-0.2, 0) is 4.79 Å². The van der Waals surface area contributed by atoms with Crippen molar-refractivity contribution < 1.29 is 4.79 Å². The molecule has 2 rings (SSSR count). The van der Waals surface area contributed by atoms with E-state index in [-0.39, 0.29) is 5.91 Å². The number of anilines is 1. The summed E-state index contributed by atoms with van der Waals surface area (Å²) in [5, 5.41) is 11.8. The number of nitriles is 1. The first-order chi connectivity index (χ1) is 9.61. The van der Waals surface area contributed by atoms with E-state index < -0.39 is 6.04 Å². The third-order valence-electron chi connectivity index (χ3n) is 2.79. The lowest BCUT2D eigenvalue weighted by atomic mass is 10.1. The van der Waals surface area contributed by atoms with Crippen LogP contribution in [0.2, 0.25) is 5.02 Å². The number of carbonyl (C=O) groups is 1. The van der Waals surface area contributed by atoms with E-state index in [4.69, 9.17) is 22.6 Å². The number of nitrogens with two attached hydrogens (primary N) is 1. The molecule has 100 valence electrons. The lowest BCUT2D eigenvalue weighted by Gasteiger charge is -2.13. The molecule has 0 aliphatic heterocycles. The number of rotatable bonds is 3. The lowest BCUT2D eigenvalue weighted by molar-refractivity contribution is -0.117. The molecule has 0 saturated heterocycles. The van der Waals surface area contributed by atoms with Crippen molar-refractivity contribution >= 4 is 23.2 Å². The van der Waals surface area contributed by atoms with Crippen molar-refractivity contribution in [1.29, 1.82) is 5.26 Å². The zero-order chi connectivity index (χ0) is 14.5. The predicted molar refractivity (Wildman–Crippen MR) is 78.2 cm³/mol. The van der Waals surface area contributed by atoms with Crippen molar-refractivity contribution in [3.05, 3.63) is 64.7 Å². The molecule has 0 aromatic heterocycles. The minimum absolute atomic E-state index is 0.359. The fraction of sp³-hybridized carbons (Fsp3) is 0.0667. The highest BCUT2D eigenvalue weighted by Crippen LogP contribution is 2.24. The summed E-state index contributed by atoms with van der Waals surface area (Å²) in [6.45, 7) is 0. The SMILES string of the molecule is N#Cc1ccc(Cl)c(NC(=O)[C@@H](N)c2ccccc2)c1. The van der Waals surface area contributed by atoms with Crippen LogP contribution in [0.4, 0.5) is 5.69 Å². The smallest absolute Gasteiger partial charge is 0.245 e. The van der Waals surface area contributed by atoms with E-state index in [0.29, 0.717) is 21.8 Å². The van der Waals surface area contributed by atoms with Crippen LogP contribution in [0.15, 0.2) is 48.5 Å². The van der Waals surface area contributed by atoms with Crippen LogP contribution in [0.25, 0.3) is 0 Å². The van der Waals surface area contributed by atoms with E-state index in [1.807, 2.05) is 24.3 Å². The molecule has 0 aliphatic rings. The summed E-state index contributed by atoms with van der Waals surface area (Å²) in [5.74, 6) is -0.381. The monoisotopic (exact) mass is 285 g/mol. The fourth-order valence-corrected chi connectivity index (χ4v) is 1.88. The molecule has 3 N–H and O–H groups in total. The Morgan fingerprint density at radius 2 is 1.95 bits per heavy atom. The normalized spacial score (nSPS) is 11.4. The van der Waals surface area contributed by atoms with Gasteiger partial charge in [0.2, 0.25) is 5.91 Å². The Hall–Kier alpha value is -2.35. The average Bonchev–Trinajstić information content (AvgIpc) is 2.49. The second-order valence-corrected chi connectivity index (χ2v) is 4.59. The van der Waals surface area contributed by atoms with Gasteiger partial charge in [-0.15, -0.1) is 0 Å². The van der Waals surface area contributed by atoms with Gasteiger partial charge in [0.1, 0.15) is 6.04 Å². The number of carbonyl (C=O) groups excluding carboxylic acids is 1. The van der Waals surface area contributed by atoms with Crippen molar-refractivity contribution in [2.75, 3.05) is 5.32 Å². The number of hydrogen-bond acceptors (Lipinski definition) is 3. The Balaban J connectivity index is 2.18. The van der Waals surface area contributed by atoms with Gasteiger partial charge in [0.05, 0.1) is 22.3 Å². The number of hydrogen-bond donors (Lipinski definition) is 2. The molecule has 1 amide bonds.